The van der Waals surface area contributed by atoms with E-state index in [4.69, 9.17) is 16.0 Å². The second-order valence-corrected chi connectivity index (χ2v) is 8.81. The molecule has 0 aliphatic heterocycles. The molecule has 3 heterocycles. The first kappa shape index (κ1) is 21.2. The number of H-pyrrole nitrogens is 1. The van der Waals surface area contributed by atoms with Crippen molar-refractivity contribution in [3.8, 4) is 11.3 Å². The van der Waals surface area contributed by atoms with Gasteiger partial charge in [0.05, 0.1) is 34.5 Å². The molecule has 1 atom stereocenters. The zero-order valence-electron chi connectivity index (χ0n) is 18.8. The summed E-state index contributed by atoms with van der Waals surface area (Å²) in [6, 6.07) is 13.3. The second-order valence-electron chi connectivity index (χ2n) is 8.42. The Hall–Kier alpha value is -3.64. The molecule has 0 fully saturated rings. The van der Waals surface area contributed by atoms with Crippen LogP contribution in [-0.2, 0) is 0 Å². The van der Waals surface area contributed by atoms with Gasteiger partial charge in [-0.15, -0.1) is 0 Å². The van der Waals surface area contributed by atoms with Crippen LogP contribution in [-0.4, -0.2) is 15.2 Å². The molecule has 0 aliphatic carbocycles. The van der Waals surface area contributed by atoms with Crippen LogP contribution < -0.4 is 10.7 Å². The Balaban J connectivity index is 1.68. The third-order valence-corrected chi connectivity index (χ3v) is 6.20. The van der Waals surface area contributed by atoms with Crippen molar-refractivity contribution >= 4 is 39.2 Å². The molecule has 7 heteroatoms. The molecule has 5 aromatic rings. The molecule has 2 N–H and O–H groups in total. The smallest absolute Gasteiger partial charge is 0.196 e. The number of rotatable bonds is 4. The highest BCUT2D eigenvalue weighted by atomic mass is 35.5. The molecule has 0 saturated carbocycles. The SMILES string of the molecule is Cc1cc([C@@H](C)Nc2ccc(Cl)nc2C)c2oc(-c3ccc4cn[nH]c4c3)c(C)c(=O)c2c1. The number of aromatic amines is 1. The van der Waals surface area contributed by atoms with Gasteiger partial charge in [-0.1, -0.05) is 29.8 Å². The van der Waals surface area contributed by atoms with E-state index in [-0.39, 0.29) is 11.5 Å². The molecule has 3 aromatic heterocycles. The number of nitrogens with zero attached hydrogens (tertiary/aromatic N) is 2. The molecule has 0 saturated heterocycles. The maximum absolute atomic E-state index is 13.4. The highest BCUT2D eigenvalue weighted by molar-refractivity contribution is 6.29. The standard InChI is InChI=1S/C26H23ClN4O2/c1-13-9-19(15(3)29-21-7-8-23(27)30-16(21)4)26-20(10-13)24(32)14(2)25(33-26)17-5-6-18-12-28-31-22(18)11-17/h5-12,15,29H,1-4H3,(H,28,31)/t15-/m1/s1. The molecular formula is C26H23ClN4O2. The van der Waals surface area contributed by atoms with Gasteiger partial charge >= 0.3 is 0 Å². The van der Waals surface area contributed by atoms with Crippen molar-refractivity contribution in [3.05, 3.63) is 86.4 Å². The van der Waals surface area contributed by atoms with Gasteiger partial charge in [-0.3, -0.25) is 9.89 Å². The van der Waals surface area contributed by atoms with Crippen LogP contribution in [0.2, 0.25) is 5.15 Å². The number of aromatic nitrogens is 3. The van der Waals surface area contributed by atoms with E-state index in [1.807, 2.05) is 58.0 Å². The maximum atomic E-state index is 13.4. The molecule has 33 heavy (non-hydrogen) atoms. The van der Waals surface area contributed by atoms with Crippen molar-refractivity contribution in [1.29, 1.82) is 0 Å². The lowest BCUT2D eigenvalue weighted by atomic mass is 9.98. The third-order valence-electron chi connectivity index (χ3n) is 5.99. The summed E-state index contributed by atoms with van der Waals surface area (Å²) in [5, 5.41) is 12.6. The predicted molar refractivity (Wildman–Crippen MR) is 133 cm³/mol. The third kappa shape index (κ3) is 3.76. The summed E-state index contributed by atoms with van der Waals surface area (Å²) in [5.74, 6) is 0.561. The van der Waals surface area contributed by atoms with Crippen LogP contribution in [0, 0.1) is 20.8 Å². The van der Waals surface area contributed by atoms with Gasteiger partial charge in [-0.05, 0) is 57.5 Å². The van der Waals surface area contributed by atoms with Crippen LogP contribution in [0.5, 0.6) is 0 Å². The zero-order valence-corrected chi connectivity index (χ0v) is 19.5. The van der Waals surface area contributed by atoms with Crippen molar-refractivity contribution in [2.24, 2.45) is 0 Å². The van der Waals surface area contributed by atoms with E-state index < -0.39 is 0 Å². The van der Waals surface area contributed by atoms with E-state index in [9.17, 15) is 4.79 Å². The number of halogens is 1. The highest BCUT2D eigenvalue weighted by Crippen LogP contribution is 2.33. The Morgan fingerprint density at radius 3 is 2.70 bits per heavy atom. The molecule has 0 spiro atoms. The average molecular weight is 459 g/mol. The van der Waals surface area contributed by atoms with Gasteiger partial charge in [0.2, 0.25) is 0 Å². The second kappa shape index (κ2) is 8.05. The van der Waals surface area contributed by atoms with E-state index in [0.717, 1.165) is 39.0 Å². The fourth-order valence-corrected chi connectivity index (χ4v) is 4.43. The van der Waals surface area contributed by atoms with Crippen molar-refractivity contribution < 1.29 is 4.42 Å². The van der Waals surface area contributed by atoms with Crippen LogP contribution >= 0.6 is 11.6 Å². The first-order valence-corrected chi connectivity index (χ1v) is 11.1. The lowest BCUT2D eigenvalue weighted by Gasteiger charge is -2.19. The Morgan fingerprint density at radius 2 is 1.91 bits per heavy atom. The topological polar surface area (TPSA) is 83.8 Å². The van der Waals surface area contributed by atoms with Crippen molar-refractivity contribution in [3.63, 3.8) is 0 Å². The predicted octanol–water partition coefficient (Wildman–Crippen LogP) is 6.48. The Morgan fingerprint density at radius 1 is 1.09 bits per heavy atom. The number of nitrogens with one attached hydrogen (secondary N) is 2. The fourth-order valence-electron chi connectivity index (χ4n) is 4.24. The quantitative estimate of drug-likeness (QED) is 0.301. The van der Waals surface area contributed by atoms with E-state index in [1.165, 1.54) is 0 Å². The van der Waals surface area contributed by atoms with Gasteiger partial charge < -0.3 is 9.73 Å². The molecule has 0 bridgehead atoms. The van der Waals surface area contributed by atoms with Gasteiger partial charge in [-0.25, -0.2) is 4.98 Å². The molecule has 6 nitrogen and oxygen atoms in total. The van der Waals surface area contributed by atoms with Gasteiger partial charge in [0.25, 0.3) is 0 Å². The number of anilines is 1. The lowest BCUT2D eigenvalue weighted by Crippen LogP contribution is -2.13. The fraction of sp³-hybridized carbons (Fsp3) is 0.192. The van der Waals surface area contributed by atoms with Crippen molar-refractivity contribution in [1.82, 2.24) is 15.2 Å². The monoisotopic (exact) mass is 458 g/mol. The van der Waals surface area contributed by atoms with Gasteiger partial charge in [-0.2, -0.15) is 5.10 Å². The van der Waals surface area contributed by atoms with Gasteiger partial charge in [0.1, 0.15) is 16.5 Å². The number of benzene rings is 2. The summed E-state index contributed by atoms with van der Waals surface area (Å²) in [6.45, 7) is 7.74. The molecule has 0 amide bonds. The normalized spacial score (nSPS) is 12.4. The summed E-state index contributed by atoms with van der Waals surface area (Å²) in [7, 11) is 0. The van der Waals surface area contributed by atoms with Crippen LogP contribution in [0.3, 0.4) is 0 Å². The van der Waals surface area contributed by atoms with Crippen LogP contribution in [0.1, 0.15) is 35.3 Å². The van der Waals surface area contributed by atoms with Crippen molar-refractivity contribution in [2.45, 2.75) is 33.7 Å². The highest BCUT2D eigenvalue weighted by Gasteiger charge is 2.19. The number of hydrogen-bond donors (Lipinski definition) is 2. The number of fused-ring (bicyclic) bond motifs is 2. The summed E-state index contributed by atoms with van der Waals surface area (Å²) in [4.78, 5) is 17.7. The Kier molecular flexibility index (Phi) is 5.17. The minimum Gasteiger partial charge on any atom is -0.455 e. The summed E-state index contributed by atoms with van der Waals surface area (Å²) in [6.07, 6.45) is 1.77. The molecule has 0 radical (unpaired) electrons. The molecule has 2 aromatic carbocycles. The molecule has 166 valence electrons. The maximum Gasteiger partial charge on any atom is 0.196 e. The molecule has 0 aliphatic rings. The zero-order chi connectivity index (χ0) is 23.3. The first-order chi connectivity index (χ1) is 15.8. The summed E-state index contributed by atoms with van der Waals surface area (Å²) >= 11 is 6.01. The molecular weight excluding hydrogens is 436 g/mol. The van der Waals surface area contributed by atoms with Crippen LogP contribution in [0.25, 0.3) is 33.2 Å². The lowest BCUT2D eigenvalue weighted by molar-refractivity contribution is 0.605. The van der Waals surface area contributed by atoms with Gasteiger partial charge in [0, 0.05) is 22.1 Å². The minimum atomic E-state index is -0.136. The summed E-state index contributed by atoms with van der Waals surface area (Å²) < 4.78 is 6.47. The van der Waals surface area contributed by atoms with E-state index >= 15 is 0 Å². The Bertz CT molecular complexity index is 1590. The minimum absolute atomic E-state index is 0.0301. The summed E-state index contributed by atoms with van der Waals surface area (Å²) in [5.41, 5.74) is 6.42. The number of hydrogen-bond acceptors (Lipinski definition) is 5. The van der Waals surface area contributed by atoms with E-state index in [2.05, 4.69) is 26.6 Å². The van der Waals surface area contributed by atoms with Crippen LogP contribution in [0.4, 0.5) is 5.69 Å². The largest absolute Gasteiger partial charge is 0.455 e. The van der Waals surface area contributed by atoms with Crippen LogP contribution in [0.15, 0.2) is 57.9 Å². The van der Waals surface area contributed by atoms with E-state index in [0.29, 0.717) is 27.4 Å². The number of pyridine rings is 1. The van der Waals surface area contributed by atoms with Gasteiger partial charge in [0.15, 0.2) is 5.43 Å². The number of aryl methyl sites for hydroxylation is 2. The average Bonchev–Trinajstić information content (AvgIpc) is 3.26. The molecule has 0 unspecified atom stereocenters. The Labute approximate surface area is 195 Å². The first-order valence-electron chi connectivity index (χ1n) is 10.7. The van der Waals surface area contributed by atoms with Crippen molar-refractivity contribution in [2.75, 3.05) is 5.32 Å². The molecule has 5 rings (SSSR count). The van der Waals surface area contributed by atoms with E-state index in [1.54, 1.807) is 12.3 Å².